The second-order valence-corrected chi connectivity index (χ2v) is 4.83. The van der Waals surface area contributed by atoms with Gasteiger partial charge in [0.2, 0.25) is 0 Å². The number of aryl methyl sites for hydroxylation is 1. The molecule has 3 N–H and O–H groups in total. The van der Waals surface area contributed by atoms with Gasteiger partial charge in [-0.1, -0.05) is 19.1 Å². The molecule has 0 spiro atoms. The van der Waals surface area contributed by atoms with Gasteiger partial charge in [0.25, 0.3) is 5.91 Å². The number of H-pyrrole nitrogens is 1. The van der Waals surface area contributed by atoms with E-state index in [2.05, 4.69) is 15.6 Å². The van der Waals surface area contributed by atoms with Gasteiger partial charge in [0, 0.05) is 30.2 Å². The van der Waals surface area contributed by atoms with E-state index in [0.29, 0.717) is 5.69 Å². The van der Waals surface area contributed by atoms with Crippen LogP contribution in [0, 0.1) is 6.92 Å². The average molecular weight is 322 g/mol. The van der Waals surface area contributed by atoms with Gasteiger partial charge in [-0.05, 0) is 31.2 Å². The van der Waals surface area contributed by atoms with E-state index in [1.165, 1.54) is 12.3 Å². The van der Waals surface area contributed by atoms with Gasteiger partial charge >= 0.3 is 0 Å². The highest BCUT2D eigenvalue weighted by atomic mass is 35.5. The van der Waals surface area contributed by atoms with Crippen molar-refractivity contribution in [2.24, 2.45) is 0 Å². The summed E-state index contributed by atoms with van der Waals surface area (Å²) >= 11 is 0. The van der Waals surface area contributed by atoms with Gasteiger partial charge in [0.05, 0.1) is 0 Å². The number of rotatable bonds is 5. The number of aromatic amines is 1. The number of benzene rings is 1. The van der Waals surface area contributed by atoms with E-state index in [0.717, 1.165) is 24.3 Å². The highest BCUT2D eigenvalue weighted by Crippen LogP contribution is 2.11. The minimum Gasteiger partial charge on any atom is -0.364 e. The molecule has 0 saturated carbocycles. The van der Waals surface area contributed by atoms with E-state index >= 15 is 0 Å². The van der Waals surface area contributed by atoms with Gasteiger partial charge < -0.3 is 15.6 Å². The monoisotopic (exact) mass is 321 g/mol. The highest BCUT2D eigenvalue weighted by molar-refractivity contribution is 6.04. The largest absolute Gasteiger partial charge is 0.364 e. The van der Waals surface area contributed by atoms with Crippen LogP contribution >= 0.6 is 12.4 Å². The molecule has 5 nitrogen and oxygen atoms in total. The third kappa shape index (κ3) is 4.72. The number of anilines is 1. The van der Waals surface area contributed by atoms with Crippen LogP contribution in [0.4, 0.5) is 5.69 Å². The normalized spacial score (nSPS) is 9.91. The summed E-state index contributed by atoms with van der Waals surface area (Å²) < 4.78 is 0. The molecule has 0 aliphatic rings. The Hall–Kier alpha value is -2.11. The molecule has 6 heteroatoms. The number of carbonyl (C=O) groups excluding carboxylic acids is 1. The minimum absolute atomic E-state index is 0. The van der Waals surface area contributed by atoms with Crippen LogP contribution in [0.5, 0.6) is 0 Å². The molecular weight excluding hydrogens is 302 g/mol. The maximum atomic E-state index is 12.1. The third-order valence-corrected chi connectivity index (χ3v) is 3.07. The Morgan fingerprint density at radius 2 is 2.05 bits per heavy atom. The second kappa shape index (κ2) is 8.36. The van der Waals surface area contributed by atoms with Crippen LogP contribution in [0.1, 0.15) is 28.5 Å². The molecule has 1 aromatic carbocycles. The molecule has 2 aromatic rings. The first-order chi connectivity index (χ1) is 10.1. The van der Waals surface area contributed by atoms with E-state index in [4.69, 9.17) is 0 Å². The van der Waals surface area contributed by atoms with Gasteiger partial charge in [-0.25, -0.2) is 0 Å². The number of hydrogen-bond acceptors (Lipinski definition) is 3. The van der Waals surface area contributed by atoms with E-state index in [1.807, 2.05) is 25.1 Å². The van der Waals surface area contributed by atoms with Crippen LogP contribution < -0.4 is 16.1 Å². The van der Waals surface area contributed by atoms with E-state index in [1.54, 1.807) is 13.0 Å². The number of carbonyl (C=O) groups is 1. The molecule has 0 aliphatic carbocycles. The van der Waals surface area contributed by atoms with Crippen molar-refractivity contribution in [3.63, 3.8) is 0 Å². The molecule has 0 saturated heterocycles. The lowest BCUT2D eigenvalue weighted by Gasteiger charge is -2.08. The number of pyridine rings is 1. The van der Waals surface area contributed by atoms with Crippen molar-refractivity contribution in [3.8, 4) is 0 Å². The Balaban J connectivity index is 0.00000242. The molecule has 0 aliphatic heterocycles. The van der Waals surface area contributed by atoms with Crippen LogP contribution in [0.3, 0.4) is 0 Å². The zero-order chi connectivity index (χ0) is 15.2. The first-order valence-electron chi connectivity index (χ1n) is 6.90. The molecule has 2 rings (SSSR count). The van der Waals surface area contributed by atoms with Gasteiger partial charge in [-0.3, -0.25) is 9.59 Å². The van der Waals surface area contributed by atoms with Crippen LogP contribution in [0.2, 0.25) is 0 Å². The smallest absolute Gasteiger partial charge is 0.261 e. The molecule has 0 radical (unpaired) electrons. The van der Waals surface area contributed by atoms with E-state index in [-0.39, 0.29) is 23.4 Å². The summed E-state index contributed by atoms with van der Waals surface area (Å²) in [6, 6.07) is 8.97. The zero-order valence-electron chi connectivity index (χ0n) is 12.6. The molecule has 1 aromatic heterocycles. The summed E-state index contributed by atoms with van der Waals surface area (Å²) in [5.41, 5.74) is 2.30. The van der Waals surface area contributed by atoms with Gasteiger partial charge in [-0.2, -0.15) is 0 Å². The molecule has 0 fully saturated rings. The highest BCUT2D eigenvalue weighted by Gasteiger charge is 2.10. The Morgan fingerprint density at radius 3 is 2.73 bits per heavy atom. The molecule has 22 heavy (non-hydrogen) atoms. The molecule has 0 bridgehead atoms. The summed E-state index contributed by atoms with van der Waals surface area (Å²) in [5, 5.41) is 5.97. The summed E-state index contributed by atoms with van der Waals surface area (Å²) in [6.45, 7) is 5.43. The molecular formula is C16H20ClN3O2. The quantitative estimate of drug-likeness (QED) is 0.792. The van der Waals surface area contributed by atoms with Crippen LogP contribution in [-0.2, 0) is 6.54 Å². The maximum Gasteiger partial charge on any atom is 0.261 e. The van der Waals surface area contributed by atoms with Crippen molar-refractivity contribution >= 4 is 24.0 Å². The number of nitrogens with one attached hydrogen (secondary N) is 3. The van der Waals surface area contributed by atoms with Gasteiger partial charge in [0.1, 0.15) is 5.56 Å². The van der Waals surface area contributed by atoms with Crippen molar-refractivity contribution in [1.29, 1.82) is 0 Å². The summed E-state index contributed by atoms with van der Waals surface area (Å²) in [7, 11) is 0. The first-order valence-corrected chi connectivity index (χ1v) is 6.90. The van der Waals surface area contributed by atoms with Crippen LogP contribution in [0.25, 0.3) is 0 Å². The Kier molecular flexibility index (Phi) is 6.82. The van der Waals surface area contributed by atoms with Crippen molar-refractivity contribution in [1.82, 2.24) is 10.3 Å². The average Bonchev–Trinajstić information content (AvgIpc) is 2.45. The van der Waals surface area contributed by atoms with Crippen LogP contribution in [-0.4, -0.2) is 17.4 Å². The number of amides is 1. The zero-order valence-corrected chi connectivity index (χ0v) is 13.4. The topological polar surface area (TPSA) is 74.0 Å². The molecule has 118 valence electrons. The maximum absolute atomic E-state index is 12.1. The Bertz CT molecular complexity index is 698. The number of halogens is 1. The van der Waals surface area contributed by atoms with E-state index in [9.17, 15) is 9.59 Å². The molecule has 0 unspecified atom stereocenters. The minimum atomic E-state index is -0.406. The lowest BCUT2D eigenvalue weighted by Crippen LogP contribution is -2.21. The fourth-order valence-electron chi connectivity index (χ4n) is 1.98. The Morgan fingerprint density at radius 1 is 1.27 bits per heavy atom. The summed E-state index contributed by atoms with van der Waals surface area (Å²) in [6.07, 6.45) is 1.44. The fourth-order valence-corrected chi connectivity index (χ4v) is 1.98. The van der Waals surface area contributed by atoms with Crippen molar-refractivity contribution < 1.29 is 4.79 Å². The lowest BCUT2D eigenvalue weighted by atomic mass is 10.2. The second-order valence-electron chi connectivity index (χ2n) is 4.83. The Labute approximate surface area is 135 Å². The van der Waals surface area contributed by atoms with Gasteiger partial charge in [-0.15, -0.1) is 12.4 Å². The summed E-state index contributed by atoms with van der Waals surface area (Å²) in [4.78, 5) is 26.8. The molecule has 1 amide bonds. The predicted octanol–water partition coefficient (Wildman–Crippen LogP) is 2.47. The van der Waals surface area contributed by atoms with Crippen LogP contribution in [0.15, 0.2) is 41.3 Å². The predicted molar refractivity (Wildman–Crippen MR) is 90.8 cm³/mol. The standard InChI is InChI=1S/C16H19N3O2.ClH/c1-3-17-9-12-5-4-6-13(8-12)19-16(21)14-10-18-11(2)7-15(14)20;/h4-8,10,17H,3,9H2,1-2H3,(H,18,20)(H,19,21);1H. The number of hydrogen-bond donors (Lipinski definition) is 3. The van der Waals surface area contributed by atoms with Crippen molar-refractivity contribution in [3.05, 3.63) is 63.6 Å². The molecule has 0 atom stereocenters. The van der Waals surface area contributed by atoms with Gasteiger partial charge in [0.15, 0.2) is 5.43 Å². The number of aromatic nitrogens is 1. The lowest BCUT2D eigenvalue weighted by molar-refractivity contribution is 0.102. The first kappa shape index (κ1) is 17.9. The van der Waals surface area contributed by atoms with Crippen molar-refractivity contribution in [2.75, 3.05) is 11.9 Å². The molecule has 1 heterocycles. The third-order valence-electron chi connectivity index (χ3n) is 3.07. The van der Waals surface area contributed by atoms with Crippen molar-refractivity contribution in [2.45, 2.75) is 20.4 Å². The fraction of sp³-hybridized carbons (Fsp3) is 0.250. The SMILES string of the molecule is CCNCc1cccc(NC(=O)c2c[nH]c(C)cc2=O)c1.Cl. The van der Waals surface area contributed by atoms with E-state index < -0.39 is 5.91 Å². The summed E-state index contributed by atoms with van der Waals surface area (Å²) in [5.74, 6) is -0.406.